The first-order chi connectivity index (χ1) is 11.5. The Morgan fingerprint density at radius 3 is 2.54 bits per heavy atom. The van der Waals surface area contributed by atoms with Gasteiger partial charge in [-0.15, -0.1) is 0 Å². The van der Waals surface area contributed by atoms with Crippen LogP contribution in [0.1, 0.15) is 18.4 Å². The summed E-state index contributed by atoms with van der Waals surface area (Å²) in [6.07, 6.45) is 1.80. The molecule has 0 spiro atoms. The number of carbonyl (C=O) groups excluding carboxylic acids is 2. The van der Waals surface area contributed by atoms with E-state index in [2.05, 4.69) is 16.0 Å². The second-order valence-corrected chi connectivity index (χ2v) is 5.69. The van der Waals surface area contributed by atoms with Crippen LogP contribution < -0.4 is 16.0 Å². The first-order valence-electron chi connectivity index (χ1n) is 7.77. The third-order valence-electron chi connectivity index (χ3n) is 3.80. The summed E-state index contributed by atoms with van der Waals surface area (Å²) >= 11 is 0. The third-order valence-corrected chi connectivity index (χ3v) is 3.80. The summed E-state index contributed by atoms with van der Waals surface area (Å²) in [5.74, 6) is -1.89. The van der Waals surface area contributed by atoms with Crippen molar-refractivity contribution in [3.8, 4) is 5.75 Å². The van der Waals surface area contributed by atoms with Gasteiger partial charge in [-0.3, -0.25) is 14.4 Å². The van der Waals surface area contributed by atoms with Gasteiger partial charge in [-0.1, -0.05) is 12.1 Å². The minimum atomic E-state index is -1.16. The highest BCUT2D eigenvalue weighted by Gasteiger charge is 2.27. The van der Waals surface area contributed by atoms with Gasteiger partial charge in [0, 0.05) is 6.42 Å². The Hall–Kier alpha value is -2.61. The average Bonchev–Trinajstić information content (AvgIpc) is 3.08. The van der Waals surface area contributed by atoms with Gasteiger partial charge in [-0.2, -0.15) is 0 Å². The third kappa shape index (κ3) is 5.24. The Morgan fingerprint density at radius 2 is 1.96 bits per heavy atom. The molecule has 8 nitrogen and oxygen atoms in total. The first-order valence-corrected chi connectivity index (χ1v) is 7.77. The van der Waals surface area contributed by atoms with Gasteiger partial charge < -0.3 is 26.2 Å². The van der Waals surface area contributed by atoms with Crippen LogP contribution in [0.5, 0.6) is 5.75 Å². The number of carboxylic acids is 1. The smallest absolute Gasteiger partial charge is 0.322 e. The highest BCUT2D eigenvalue weighted by atomic mass is 16.4. The zero-order valence-corrected chi connectivity index (χ0v) is 13.1. The van der Waals surface area contributed by atoms with Crippen molar-refractivity contribution in [1.29, 1.82) is 0 Å². The summed E-state index contributed by atoms with van der Waals surface area (Å²) < 4.78 is 0. The number of carboxylic acid groups (broad SMARTS) is 1. The molecule has 130 valence electrons. The van der Waals surface area contributed by atoms with E-state index < -0.39 is 24.5 Å². The van der Waals surface area contributed by atoms with Crippen LogP contribution in [0.25, 0.3) is 0 Å². The van der Waals surface area contributed by atoms with Crippen LogP contribution in [0.2, 0.25) is 0 Å². The lowest BCUT2D eigenvalue weighted by Gasteiger charge is -2.20. The van der Waals surface area contributed by atoms with E-state index in [1.165, 1.54) is 12.1 Å². The van der Waals surface area contributed by atoms with Crippen molar-refractivity contribution in [2.24, 2.45) is 0 Å². The number of aliphatic carboxylic acids is 1. The van der Waals surface area contributed by atoms with Gasteiger partial charge in [0.05, 0.1) is 6.04 Å². The molecule has 8 heteroatoms. The Labute approximate surface area is 139 Å². The minimum absolute atomic E-state index is 0.102. The van der Waals surface area contributed by atoms with Crippen molar-refractivity contribution in [3.05, 3.63) is 29.8 Å². The molecule has 0 aliphatic carbocycles. The zero-order chi connectivity index (χ0) is 17.5. The maximum Gasteiger partial charge on any atom is 0.322 e. The quantitative estimate of drug-likeness (QED) is 0.451. The van der Waals surface area contributed by atoms with Gasteiger partial charge >= 0.3 is 5.97 Å². The summed E-state index contributed by atoms with van der Waals surface area (Å²) in [5, 5.41) is 26.0. The number of hydrogen-bond donors (Lipinski definition) is 5. The SMILES string of the molecule is O=C(O)CNC(=O)C(Cc1ccc(O)cc1)NC(=O)C1CCCN1. The number of hydrogen-bond acceptors (Lipinski definition) is 5. The van der Waals surface area contributed by atoms with Crippen LogP contribution in [-0.2, 0) is 20.8 Å². The number of benzene rings is 1. The second-order valence-electron chi connectivity index (χ2n) is 5.69. The van der Waals surface area contributed by atoms with Gasteiger partial charge in [0.25, 0.3) is 0 Å². The van der Waals surface area contributed by atoms with E-state index in [-0.39, 0.29) is 24.1 Å². The molecule has 1 aliphatic heterocycles. The van der Waals surface area contributed by atoms with E-state index in [4.69, 9.17) is 5.11 Å². The normalized spacial score (nSPS) is 17.9. The van der Waals surface area contributed by atoms with Crippen molar-refractivity contribution in [2.75, 3.05) is 13.1 Å². The lowest BCUT2D eigenvalue weighted by Crippen LogP contribution is -2.53. The molecule has 2 unspecified atom stereocenters. The Kier molecular flexibility index (Phi) is 6.14. The van der Waals surface area contributed by atoms with Crippen LogP contribution in [0, 0.1) is 0 Å². The Balaban J connectivity index is 2.04. The Bertz CT molecular complexity index is 596. The van der Waals surface area contributed by atoms with Gasteiger partial charge in [-0.25, -0.2) is 0 Å². The molecule has 2 amide bonds. The number of amides is 2. The molecule has 0 saturated carbocycles. The molecular formula is C16H21N3O5. The van der Waals surface area contributed by atoms with Crippen LogP contribution in [0.3, 0.4) is 0 Å². The molecule has 2 rings (SSSR count). The molecular weight excluding hydrogens is 314 g/mol. The number of phenols is 1. The van der Waals surface area contributed by atoms with Gasteiger partial charge in [-0.05, 0) is 37.1 Å². The maximum atomic E-state index is 12.2. The molecule has 1 aromatic rings. The van der Waals surface area contributed by atoms with Crippen LogP contribution in [-0.4, -0.2) is 53.2 Å². The average molecular weight is 335 g/mol. The standard InChI is InChI=1S/C16H21N3O5/c20-11-5-3-10(4-6-11)8-13(15(23)18-9-14(21)22)19-16(24)12-2-1-7-17-12/h3-6,12-13,17,20H,1-2,7-9H2,(H,18,23)(H,19,24)(H,21,22). The molecule has 1 aliphatic rings. The van der Waals surface area contributed by atoms with Gasteiger partial charge in [0.2, 0.25) is 11.8 Å². The molecule has 0 aromatic heterocycles. The van der Waals surface area contributed by atoms with Crippen molar-refractivity contribution >= 4 is 17.8 Å². The highest BCUT2D eigenvalue weighted by Crippen LogP contribution is 2.12. The molecule has 1 fully saturated rings. The fourth-order valence-electron chi connectivity index (χ4n) is 2.54. The van der Waals surface area contributed by atoms with Gasteiger partial charge in [0.1, 0.15) is 18.3 Å². The molecule has 0 radical (unpaired) electrons. The van der Waals surface area contributed by atoms with Crippen molar-refractivity contribution in [3.63, 3.8) is 0 Å². The van der Waals surface area contributed by atoms with E-state index in [9.17, 15) is 19.5 Å². The monoisotopic (exact) mass is 335 g/mol. The van der Waals surface area contributed by atoms with E-state index in [1.54, 1.807) is 12.1 Å². The predicted octanol–water partition coefficient (Wildman–Crippen LogP) is -0.628. The van der Waals surface area contributed by atoms with E-state index in [0.717, 1.165) is 18.5 Å². The van der Waals surface area contributed by atoms with E-state index in [0.29, 0.717) is 6.42 Å². The summed E-state index contributed by atoms with van der Waals surface area (Å²) in [6.45, 7) is 0.244. The molecule has 1 saturated heterocycles. The van der Waals surface area contributed by atoms with Crippen LogP contribution in [0.15, 0.2) is 24.3 Å². The number of carbonyl (C=O) groups is 3. The second kappa shape index (κ2) is 8.30. The molecule has 5 N–H and O–H groups in total. The van der Waals surface area contributed by atoms with Gasteiger partial charge in [0.15, 0.2) is 0 Å². The predicted molar refractivity (Wildman–Crippen MR) is 85.4 cm³/mol. The number of phenolic OH excluding ortho intramolecular Hbond substituents is 1. The first kappa shape index (κ1) is 17.7. The number of aromatic hydroxyl groups is 1. The Morgan fingerprint density at radius 1 is 1.25 bits per heavy atom. The van der Waals surface area contributed by atoms with Crippen molar-refractivity contribution < 1.29 is 24.6 Å². The minimum Gasteiger partial charge on any atom is -0.508 e. The largest absolute Gasteiger partial charge is 0.508 e. The summed E-state index contributed by atoms with van der Waals surface area (Å²) in [4.78, 5) is 35.1. The summed E-state index contributed by atoms with van der Waals surface area (Å²) in [6, 6.07) is 5.05. The maximum absolute atomic E-state index is 12.2. The lowest BCUT2D eigenvalue weighted by atomic mass is 10.0. The summed E-state index contributed by atoms with van der Waals surface area (Å²) in [5.41, 5.74) is 0.739. The molecule has 2 atom stereocenters. The number of rotatable bonds is 7. The van der Waals surface area contributed by atoms with E-state index >= 15 is 0 Å². The van der Waals surface area contributed by atoms with E-state index in [1.807, 2.05) is 0 Å². The molecule has 0 bridgehead atoms. The molecule has 1 heterocycles. The van der Waals surface area contributed by atoms with Crippen LogP contribution >= 0.6 is 0 Å². The topological polar surface area (TPSA) is 128 Å². The van der Waals surface area contributed by atoms with Crippen LogP contribution in [0.4, 0.5) is 0 Å². The lowest BCUT2D eigenvalue weighted by molar-refractivity contribution is -0.138. The number of nitrogens with one attached hydrogen (secondary N) is 3. The van der Waals surface area contributed by atoms with Crippen molar-refractivity contribution in [2.45, 2.75) is 31.3 Å². The summed E-state index contributed by atoms with van der Waals surface area (Å²) in [7, 11) is 0. The molecule has 1 aromatic carbocycles. The van der Waals surface area contributed by atoms with Crippen molar-refractivity contribution in [1.82, 2.24) is 16.0 Å². The fraction of sp³-hybridized carbons (Fsp3) is 0.438. The highest BCUT2D eigenvalue weighted by molar-refractivity contribution is 5.91. The molecule has 24 heavy (non-hydrogen) atoms. The fourth-order valence-corrected chi connectivity index (χ4v) is 2.54. The zero-order valence-electron chi connectivity index (χ0n) is 13.1.